The summed E-state index contributed by atoms with van der Waals surface area (Å²) in [5.74, 6) is -0.0944. The van der Waals surface area contributed by atoms with Crippen LogP contribution in [0.15, 0.2) is 54.6 Å². The summed E-state index contributed by atoms with van der Waals surface area (Å²) in [4.78, 5) is 11.7. The molecule has 2 aromatic rings. The first-order valence-electron chi connectivity index (χ1n) is 5.67. The first kappa shape index (κ1) is 13.2. The van der Waals surface area contributed by atoms with E-state index in [0.29, 0.717) is 10.7 Å². The van der Waals surface area contributed by atoms with Crippen LogP contribution in [0, 0.1) is 0 Å². The van der Waals surface area contributed by atoms with Crippen LogP contribution >= 0.6 is 11.6 Å². The fourth-order valence-corrected chi connectivity index (χ4v) is 1.74. The summed E-state index contributed by atoms with van der Waals surface area (Å²) in [6.07, 6.45) is 3.02. The summed E-state index contributed by atoms with van der Waals surface area (Å²) in [5, 5.41) is 12.6. The van der Waals surface area contributed by atoms with Crippen LogP contribution in [0.3, 0.4) is 0 Å². The molecule has 0 aliphatic heterocycles. The minimum atomic E-state index is -0.259. The fraction of sp³-hybridized carbons (Fsp3) is 0. The largest absolute Gasteiger partial charge is 0.508 e. The maximum atomic E-state index is 11.7. The molecule has 3 nitrogen and oxygen atoms in total. The highest BCUT2D eigenvalue weighted by molar-refractivity contribution is 6.30. The van der Waals surface area contributed by atoms with Crippen LogP contribution in [-0.2, 0) is 4.79 Å². The molecular weight excluding hydrogens is 262 g/mol. The Morgan fingerprint density at radius 2 is 1.95 bits per heavy atom. The lowest BCUT2D eigenvalue weighted by atomic mass is 10.2. The number of halogens is 1. The van der Waals surface area contributed by atoms with Crippen molar-refractivity contribution in [3.05, 3.63) is 65.2 Å². The minimum absolute atomic E-state index is 0.164. The molecule has 0 aliphatic rings. The van der Waals surface area contributed by atoms with E-state index in [9.17, 15) is 9.90 Å². The lowest BCUT2D eigenvalue weighted by molar-refractivity contribution is -0.111. The van der Waals surface area contributed by atoms with Crippen molar-refractivity contribution in [2.45, 2.75) is 0 Å². The molecule has 0 fully saturated rings. The highest BCUT2D eigenvalue weighted by Crippen LogP contribution is 2.15. The Bertz CT molecular complexity index is 623. The number of phenols is 1. The zero-order chi connectivity index (χ0) is 13.7. The third-order valence-electron chi connectivity index (χ3n) is 2.39. The van der Waals surface area contributed by atoms with E-state index < -0.39 is 0 Å². The molecule has 0 spiro atoms. The highest BCUT2D eigenvalue weighted by Gasteiger charge is 1.98. The zero-order valence-electron chi connectivity index (χ0n) is 10.0. The fourth-order valence-electron chi connectivity index (χ4n) is 1.55. The smallest absolute Gasteiger partial charge is 0.248 e. The monoisotopic (exact) mass is 273 g/mol. The Labute approximate surface area is 116 Å². The van der Waals surface area contributed by atoms with Crippen LogP contribution in [0.25, 0.3) is 6.08 Å². The summed E-state index contributed by atoms with van der Waals surface area (Å²) in [5.41, 5.74) is 1.39. The molecule has 0 saturated carbocycles. The van der Waals surface area contributed by atoms with Crippen molar-refractivity contribution in [3.8, 4) is 5.75 Å². The molecule has 0 heterocycles. The number of hydrogen-bond donors (Lipinski definition) is 2. The quantitative estimate of drug-likeness (QED) is 0.838. The number of phenolic OH excluding ortho intramolecular Hbond substituents is 1. The van der Waals surface area contributed by atoms with E-state index in [0.717, 1.165) is 5.56 Å². The van der Waals surface area contributed by atoms with E-state index in [1.807, 2.05) is 0 Å². The van der Waals surface area contributed by atoms with Gasteiger partial charge in [-0.1, -0.05) is 29.8 Å². The molecule has 0 unspecified atom stereocenters. The van der Waals surface area contributed by atoms with E-state index in [-0.39, 0.29) is 11.7 Å². The van der Waals surface area contributed by atoms with Crippen LogP contribution in [0.1, 0.15) is 5.56 Å². The number of nitrogens with one attached hydrogen (secondary N) is 1. The molecule has 0 saturated heterocycles. The number of amides is 1. The maximum Gasteiger partial charge on any atom is 0.248 e. The molecule has 2 aromatic carbocycles. The molecular formula is C15H12ClNO2. The third-order valence-corrected chi connectivity index (χ3v) is 2.62. The molecule has 0 bridgehead atoms. The minimum Gasteiger partial charge on any atom is -0.508 e. The number of aromatic hydroxyl groups is 1. The van der Waals surface area contributed by atoms with Crippen LogP contribution in [-0.4, -0.2) is 11.0 Å². The van der Waals surface area contributed by atoms with E-state index in [4.69, 9.17) is 11.6 Å². The van der Waals surface area contributed by atoms with Crippen LogP contribution < -0.4 is 5.32 Å². The number of rotatable bonds is 3. The van der Waals surface area contributed by atoms with Gasteiger partial charge in [-0.25, -0.2) is 0 Å². The Hall–Kier alpha value is -2.26. The van der Waals surface area contributed by atoms with Crippen LogP contribution in [0.4, 0.5) is 5.69 Å². The second-order valence-corrected chi connectivity index (χ2v) is 4.36. The molecule has 2 rings (SSSR count). The van der Waals surface area contributed by atoms with Crippen molar-refractivity contribution in [2.75, 3.05) is 5.32 Å². The van der Waals surface area contributed by atoms with Gasteiger partial charge in [0.15, 0.2) is 0 Å². The van der Waals surface area contributed by atoms with Gasteiger partial charge >= 0.3 is 0 Å². The third kappa shape index (κ3) is 4.16. The maximum absolute atomic E-state index is 11.7. The van der Waals surface area contributed by atoms with Gasteiger partial charge in [-0.3, -0.25) is 4.79 Å². The summed E-state index contributed by atoms with van der Waals surface area (Å²) in [6, 6.07) is 13.6. The van der Waals surface area contributed by atoms with Gasteiger partial charge < -0.3 is 10.4 Å². The van der Waals surface area contributed by atoms with Crippen molar-refractivity contribution in [3.63, 3.8) is 0 Å². The molecule has 2 N–H and O–H groups in total. The summed E-state index contributed by atoms with van der Waals surface area (Å²) in [7, 11) is 0. The topological polar surface area (TPSA) is 49.3 Å². The predicted molar refractivity (Wildman–Crippen MR) is 77.2 cm³/mol. The zero-order valence-corrected chi connectivity index (χ0v) is 10.8. The molecule has 0 radical (unpaired) electrons. The Kier molecular flexibility index (Phi) is 4.21. The first-order valence-corrected chi connectivity index (χ1v) is 6.05. The number of hydrogen-bond acceptors (Lipinski definition) is 2. The lowest BCUT2D eigenvalue weighted by Gasteiger charge is -2.02. The van der Waals surface area contributed by atoms with Crippen molar-refractivity contribution < 1.29 is 9.90 Å². The normalized spacial score (nSPS) is 10.6. The average molecular weight is 274 g/mol. The number of carbonyl (C=O) groups excluding carboxylic acids is 1. The lowest BCUT2D eigenvalue weighted by Crippen LogP contribution is -2.07. The molecule has 0 aromatic heterocycles. The second-order valence-electron chi connectivity index (χ2n) is 3.93. The highest BCUT2D eigenvalue weighted by atomic mass is 35.5. The van der Waals surface area contributed by atoms with Gasteiger partial charge in [-0.2, -0.15) is 0 Å². The van der Waals surface area contributed by atoms with Gasteiger partial charge in [0.25, 0.3) is 0 Å². The molecule has 96 valence electrons. The SMILES string of the molecule is O=C(C=Cc1cccc(O)c1)Nc1cccc(Cl)c1. The van der Waals surface area contributed by atoms with Gasteiger partial charge in [-0.15, -0.1) is 0 Å². The Morgan fingerprint density at radius 1 is 1.16 bits per heavy atom. The second kappa shape index (κ2) is 6.07. The van der Waals surface area contributed by atoms with Crippen molar-refractivity contribution in [2.24, 2.45) is 0 Å². The summed E-state index contributed by atoms with van der Waals surface area (Å²) < 4.78 is 0. The molecule has 0 atom stereocenters. The van der Waals surface area contributed by atoms with Gasteiger partial charge in [0.2, 0.25) is 5.91 Å². The molecule has 4 heteroatoms. The molecule has 1 amide bonds. The Balaban J connectivity index is 2.01. The standard InChI is InChI=1S/C15H12ClNO2/c16-12-4-2-5-13(10-12)17-15(19)8-7-11-3-1-6-14(18)9-11/h1-10,18H,(H,17,19). The Morgan fingerprint density at radius 3 is 2.68 bits per heavy atom. The number of anilines is 1. The van der Waals surface area contributed by atoms with Gasteiger partial charge in [0, 0.05) is 16.8 Å². The van der Waals surface area contributed by atoms with Crippen molar-refractivity contribution >= 4 is 29.3 Å². The average Bonchev–Trinajstić information content (AvgIpc) is 2.36. The van der Waals surface area contributed by atoms with Crippen LogP contribution in [0.5, 0.6) is 5.75 Å². The van der Waals surface area contributed by atoms with Crippen molar-refractivity contribution in [1.82, 2.24) is 0 Å². The van der Waals surface area contributed by atoms with E-state index >= 15 is 0 Å². The molecule has 19 heavy (non-hydrogen) atoms. The van der Waals surface area contributed by atoms with Crippen molar-refractivity contribution in [1.29, 1.82) is 0 Å². The van der Waals surface area contributed by atoms with E-state index in [2.05, 4.69) is 5.32 Å². The predicted octanol–water partition coefficient (Wildman–Crippen LogP) is 3.70. The van der Waals surface area contributed by atoms with Crippen LogP contribution in [0.2, 0.25) is 5.02 Å². The van der Waals surface area contributed by atoms with E-state index in [1.165, 1.54) is 6.08 Å². The summed E-state index contributed by atoms with van der Waals surface area (Å²) in [6.45, 7) is 0. The van der Waals surface area contributed by atoms with E-state index in [1.54, 1.807) is 54.6 Å². The molecule has 0 aliphatic carbocycles. The van der Waals surface area contributed by atoms with Gasteiger partial charge in [0.05, 0.1) is 0 Å². The van der Waals surface area contributed by atoms with Gasteiger partial charge in [0.1, 0.15) is 5.75 Å². The number of carbonyl (C=O) groups is 1. The van der Waals surface area contributed by atoms with Gasteiger partial charge in [-0.05, 0) is 42.0 Å². The number of benzene rings is 2. The summed E-state index contributed by atoms with van der Waals surface area (Å²) >= 11 is 5.82. The first-order chi connectivity index (χ1) is 9.13.